The molecule has 0 amide bonds. The highest BCUT2D eigenvalue weighted by atomic mass is 16.5. The van der Waals surface area contributed by atoms with E-state index in [9.17, 15) is 9.59 Å². The van der Waals surface area contributed by atoms with Crippen molar-refractivity contribution in [1.29, 1.82) is 0 Å². The number of Topliss-reactive ketones (excluding diaryl/α,β-unsaturated/α-hetero) is 1. The summed E-state index contributed by atoms with van der Waals surface area (Å²) in [6.45, 7) is 7.48. The monoisotopic (exact) mass is 198 g/mol. The van der Waals surface area contributed by atoms with Gasteiger partial charge in [-0.15, -0.1) is 6.58 Å². The first-order valence-electron chi connectivity index (χ1n) is 4.97. The van der Waals surface area contributed by atoms with Crippen LogP contribution in [0.2, 0.25) is 0 Å². The van der Waals surface area contributed by atoms with Crippen molar-refractivity contribution in [3.63, 3.8) is 0 Å². The minimum absolute atomic E-state index is 0.0501. The number of ether oxygens (including phenoxy) is 1. The molecule has 0 aliphatic heterocycles. The number of ketones is 1. The maximum atomic E-state index is 11.5. The molecule has 14 heavy (non-hydrogen) atoms. The highest BCUT2D eigenvalue weighted by Crippen LogP contribution is 2.11. The van der Waals surface area contributed by atoms with Crippen LogP contribution >= 0.6 is 0 Å². The fraction of sp³-hybridized carbons (Fsp3) is 0.636. The van der Waals surface area contributed by atoms with Crippen molar-refractivity contribution in [3.8, 4) is 0 Å². The largest absolute Gasteiger partial charge is 0.465 e. The van der Waals surface area contributed by atoms with E-state index in [-0.39, 0.29) is 5.78 Å². The SMILES string of the molecule is C=CCC(C(=O)CCC)C(=O)OCC. The molecule has 0 rings (SSSR count). The maximum absolute atomic E-state index is 11.5. The summed E-state index contributed by atoms with van der Waals surface area (Å²) in [5.41, 5.74) is 0. The Morgan fingerprint density at radius 3 is 2.50 bits per heavy atom. The molecule has 0 saturated carbocycles. The molecule has 0 N–H and O–H groups in total. The van der Waals surface area contributed by atoms with E-state index >= 15 is 0 Å². The highest BCUT2D eigenvalue weighted by molar-refractivity contribution is 5.99. The van der Waals surface area contributed by atoms with E-state index < -0.39 is 11.9 Å². The molecular formula is C11H18O3. The molecule has 3 nitrogen and oxygen atoms in total. The normalized spacial score (nSPS) is 11.9. The average Bonchev–Trinajstić information content (AvgIpc) is 2.14. The van der Waals surface area contributed by atoms with Gasteiger partial charge in [0.15, 0.2) is 0 Å². The summed E-state index contributed by atoms with van der Waals surface area (Å²) in [6, 6.07) is 0. The number of hydrogen-bond donors (Lipinski definition) is 0. The lowest BCUT2D eigenvalue weighted by molar-refractivity contribution is -0.151. The van der Waals surface area contributed by atoms with Crippen molar-refractivity contribution < 1.29 is 14.3 Å². The van der Waals surface area contributed by atoms with Gasteiger partial charge >= 0.3 is 5.97 Å². The third kappa shape index (κ3) is 4.21. The van der Waals surface area contributed by atoms with Crippen LogP contribution in [-0.4, -0.2) is 18.4 Å². The molecule has 0 aromatic carbocycles. The molecule has 0 spiro atoms. The summed E-state index contributed by atoms with van der Waals surface area (Å²) >= 11 is 0. The van der Waals surface area contributed by atoms with Crippen molar-refractivity contribution in [2.45, 2.75) is 33.1 Å². The molecule has 0 aliphatic carbocycles. The first-order valence-corrected chi connectivity index (χ1v) is 4.97. The third-order valence-electron chi connectivity index (χ3n) is 1.86. The second kappa shape index (κ2) is 7.30. The van der Waals surface area contributed by atoms with Gasteiger partial charge in [-0.05, 0) is 19.8 Å². The van der Waals surface area contributed by atoms with Crippen molar-refractivity contribution in [2.24, 2.45) is 5.92 Å². The second-order valence-electron chi connectivity index (χ2n) is 3.05. The van der Waals surface area contributed by atoms with Crippen LogP contribution in [0.1, 0.15) is 33.1 Å². The Balaban J connectivity index is 4.33. The summed E-state index contributed by atoms with van der Waals surface area (Å²) in [5.74, 6) is -1.12. The Morgan fingerprint density at radius 2 is 2.07 bits per heavy atom. The van der Waals surface area contributed by atoms with Gasteiger partial charge < -0.3 is 4.74 Å². The third-order valence-corrected chi connectivity index (χ3v) is 1.86. The van der Waals surface area contributed by atoms with Gasteiger partial charge in [-0.3, -0.25) is 9.59 Å². The van der Waals surface area contributed by atoms with Gasteiger partial charge in [0.25, 0.3) is 0 Å². The number of esters is 1. The zero-order valence-electron chi connectivity index (χ0n) is 8.91. The fourth-order valence-electron chi connectivity index (χ4n) is 1.19. The molecule has 1 atom stereocenters. The van der Waals surface area contributed by atoms with Crippen LogP contribution in [0.4, 0.5) is 0 Å². The Morgan fingerprint density at radius 1 is 1.43 bits per heavy atom. The van der Waals surface area contributed by atoms with Crippen LogP contribution in [0, 0.1) is 5.92 Å². The van der Waals surface area contributed by atoms with Crippen molar-refractivity contribution in [2.75, 3.05) is 6.61 Å². The van der Waals surface area contributed by atoms with E-state index in [2.05, 4.69) is 6.58 Å². The molecule has 0 aromatic heterocycles. The summed E-state index contributed by atoms with van der Waals surface area (Å²) in [5, 5.41) is 0. The van der Waals surface area contributed by atoms with Crippen LogP contribution in [-0.2, 0) is 14.3 Å². The molecule has 0 radical (unpaired) electrons. The molecule has 0 fully saturated rings. The summed E-state index contributed by atoms with van der Waals surface area (Å²) < 4.78 is 4.82. The topological polar surface area (TPSA) is 43.4 Å². The van der Waals surface area contributed by atoms with E-state index in [0.717, 1.165) is 6.42 Å². The van der Waals surface area contributed by atoms with Crippen LogP contribution in [0.3, 0.4) is 0 Å². The average molecular weight is 198 g/mol. The lowest BCUT2D eigenvalue weighted by Crippen LogP contribution is -2.25. The number of carbonyl (C=O) groups excluding carboxylic acids is 2. The molecule has 0 saturated heterocycles. The lowest BCUT2D eigenvalue weighted by Gasteiger charge is -2.11. The Kier molecular flexibility index (Phi) is 6.72. The molecule has 1 unspecified atom stereocenters. The number of rotatable bonds is 7. The van der Waals surface area contributed by atoms with Crippen molar-refractivity contribution in [3.05, 3.63) is 12.7 Å². The first-order chi connectivity index (χ1) is 6.67. The maximum Gasteiger partial charge on any atom is 0.316 e. The summed E-state index contributed by atoms with van der Waals surface area (Å²) in [7, 11) is 0. The predicted octanol–water partition coefficient (Wildman–Crippen LogP) is 2.11. The van der Waals surface area contributed by atoms with Gasteiger partial charge in [-0.1, -0.05) is 13.0 Å². The zero-order chi connectivity index (χ0) is 11.0. The molecule has 80 valence electrons. The number of carbonyl (C=O) groups is 2. The van der Waals surface area contributed by atoms with Gasteiger partial charge in [-0.25, -0.2) is 0 Å². The number of hydrogen-bond acceptors (Lipinski definition) is 3. The molecule has 0 aliphatic rings. The summed E-state index contributed by atoms with van der Waals surface area (Å²) in [4.78, 5) is 22.9. The van der Waals surface area contributed by atoms with E-state index in [1.54, 1.807) is 13.0 Å². The predicted molar refractivity (Wildman–Crippen MR) is 54.9 cm³/mol. The Hall–Kier alpha value is -1.12. The summed E-state index contributed by atoms with van der Waals surface area (Å²) in [6.07, 6.45) is 3.13. The van der Waals surface area contributed by atoms with E-state index in [1.165, 1.54) is 0 Å². The van der Waals surface area contributed by atoms with Crippen LogP contribution < -0.4 is 0 Å². The second-order valence-corrected chi connectivity index (χ2v) is 3.05. The first kappa shape index (κ1) is 12.9. The van der Waals surface area contributed by atoms with Crippen LogP contribution in [0.25, 0.3) is 0 Å². The molecule has 0 heterocycles. The van der Waals surface area contributed by atoms with Crippen molar-refractivity contribution in [1.82, 2.24) is 0 Å². The standard InChI is InChI=1S/C11H18O3/c1-4-7-9(10(12)8-5-2)11(13)14-6-3/h4,9H,1,5-8H2,2-3H3. The van der Waals surface area contributed by atoms with Gasteiger partial charge in [-0.2, -0.15) is 0 Å². The van der Waals surface area contributed by atoms with E-state index in [1.807, 2.05) is 6.92 Å². The minimum atomic E-state index is -0.646. The van der Waals surface area contributed by atoms with Crippen LogP contribution in [0.5, 0.6) is 0 Å². The molecule has 3 heteroatoms. The minimum Gasteiger partial charge on any atom is -0.465 e. The lowest BCUT2D eigenvalue weighted by atomic mass is 9.97. The Bertz CT molecular complexity index is 191. The zero-order valence-corrected chi connectivity index (χ0v) is 8.91. The number of allylic oxidation sites excluding steroid dienone is 1. The van der Waals surface area contributed by atoms with Gasteiger partial charge in [0.05, 0.1) is 6.61 Å². The van der Waals surface area contributed by atoms with Gasteiger partial charge in [0, 0.05) is 6.42 Å². The van der Waals surface area contributed by atoms with E-state index in [0.29, 0.717) is 19.4 Å². The molecular weight excluding hydrogens is 180 g/mol. The van der Waals surface area contributed by atoms with E-state index in [4.69, 9.17) is 4.74 Å². The fourth-order valence-corrected chi connectivity index (χ4v) is 1.19. The molecule has 0 bridgehead atoms. The van der Waals surface area contributed by atoms with Gasteiger partial charge in [0.2, 0.25) is 0 Å². The quantitative estimate of drug-likeness (QED) is 0.357. The smallest absolute Gasteiger partial charge is 0.316 e. The van der Waals surface area contributed by atoms with Crippen molar-refractivity contribution >= 4 is 11.8 Å². The Labute approximate surface area is 85.1 Å². The molecule has 0 aromatic rings. The van der Waals surface area contributed by atoms with Crippen LogP contribution in [0.15, 0.2) is 12.7 Å². The highest BCUT2D eigenvalue weighted by Gasteiger charge is 2.25. The van der Waals surface area contributed by atoms with Gasteiger partial charge in [0.1, 0.15) is 11.7 Å².